The number of aliphatic hydroxyl groups is 1. The highest BCUT2D eigenvalue weighted by atomic mass is 19.3. The average Bonchev–Trinajstić information content (AvgIpc) is 2.76. The summed E-state index contributed by atoms with van der Waals surface area (Å²) >= 11 is 0. The van der Waals surface area contributed by atoms with Gasteiger partial charge >= 0.3 is 6.61 Å². The molecule has 0 fully saturated rings. The lowest BCUT2D eigenvalue weighted by molar-refractivity contribution is -0.0869. The van der Waals surface area contributed by atoms with Gasteiger partial charge in [-0.1, -0.05) is 75.6 Å². The Morgan fingerprint density at radius 3 is 2.28 bits per heavy atom. The molecule has 0 aliphatic carbocycles. The lowest BCUT2D eigenvalue weighted by Crippen LogP contribution is -2.55. The summed E-state index contributed by atoms with van der Waals surface area (Å²) in [6, 6.07) is 8.79. The summed E-state index contributed by atoms with van der Waals surface area (Å²) < 4.78 is 31.1. The van der Waals surface area contributed by atoms with Gasteiger partial charge in [0, 0.05) is 17.2 Å². The normalized spacial score (nSPS) is 13.6. The standard InChI is InChI=1S/C29H40F2N2O3/c1-9-11-21-13-14-23(20(5)25(21)36-28(30)31)26(34)32-33(24(12-10-2)29(6,7)8)27(35)22-16-18(3)15-19(4)17-22/h9,13-17,24,27-28,35H,1,10-12H2,2-8H3,(H,32,34). The topological polar surface area (TPSA) is 61.8 Å². The van der Waals surface area contributed by atoms with E-state index >= 15 is 0 Å². The number of aliphatic hydroxyl groups excluding tert-OH is 1. The van der Waals surface area contributed by atoms with Crippen LogP contribution in [0.2, 0.25) is 0 Å². The Bertz CT molecular complexity index is 1040. The number of carbonyl (C=O) groups excluding carboxylic acids is 1. The van der Waals surface area contributed by atoms with Crippen molar-refractivity contribution in [3.63, 3.8) is 0 Å². The van der Waals surface area contributed by atoms with E-state index < -0.39 is 18.7 Å². The van der Waals surface area contributed by atoms with Crippen molar-refractivity contribution >= 4 is 5.91 Å². The zero-order valence-electron chi connectivity index (χ0n) is 22.5. The third-order valence-corrected chi connectivity index (χ3v) is 6.24. The molecule has 36 heavy (non-hydrogen) atoms. The van der Waals surface area contributed by atoms with Crippen LogP contribution in [0.1, 0.15) is 84.9 Å². The van der Waals surface area contributed by atoms with Gasteiger partial charge in [0.05, 0.1) is 0 Å². The molecule has 0 bridgehead atoms. The van der Waals surface area contributed by atoms with Crippen LogP contribution in [0.5, 0.6) is 5.75 Å². The van der Waals surface area contributed by atoms with Gasteiger partial charge in [0.25, 0.3) is 5.91 Å². The summed E-state index contributed by atoms with van der Waals surface area (Å²) in [7, 11) is 0. The molecule has 0 aliphatic rings. The first kappa shape index (κ1) is 29.5. The maximum absolute atomic E-state index is 13.6. The Morgan fingerprint density at radius 2 is 1.78 bits per heavy atom. The predicted molar refractivity (Wildman–Crippen MR) is 140 cm³/mol. The lowest BCUT2D eigenvalue weighted by Gasteiger charge is -2.42. The van der Waals surface area contributed by atoms with Gasteiger partial charge in [-0.15, -0.1) is 6.58 Å². The summed E-state index contributed by atoms with van der Waals surface area (Å²) in [4.78, 5) is 13.6. The van der Waals surface area contributed by atoms with Gasteiger partial charge in [-0.3, -0.25) is 10.2 Å². The van der Waals surface area contributed by atoms with Crippen LogP contribution in [-0.2, 0) is 6.42 Å². The van der Waals surface area contributed by atoms with E-state index in [4.69, 9.17) is 4.74 Å². The summed E-state index contributed by atoms with van der Waals surface area (Å²) in [5.74, 6) is -0.537. The average molecular weight is 503 g/mol. The molecule has 0 saturated carbocycles. The monoisotopic (exact) mass is 502 g/mol. The van der Waals surface area contributed by atoms with Gasteiger partial charge in [-0.25, -0.2) is 0 Å². The fourth-order valence-corrected chi connectivity index (χ4v) is 4.63. The second kappa shape index (κ2) is 12.5. The van der Waals surface area contributed by atoms with Crippen LogP contribution in [0, 0.1) is 26.2 Å². The summed E-state index contributed by atoms with van der Waals surface area (Å²) in [5.41, 5.74) is 6.31. The molecule has 1 amide bonds. The van der Waals surface area contributed by atoms with Crippen LogP contribution >= 0.6 is 0 Å². The van der Waals surface area contributed by atoms with Crippen molar-refractivity contribution in [2.45, 2.75) is 86.6 Å². The fraction of sp³-hybridized carbons (Fsp3) is 0.483. The first-order chi connectivity index (χ1) is 16.8. The number of halogens is 2. The highest BCUT2D eigenvalue weighted by Gasteiger charge is 2.36. The first-order valence-corrected chi connectivity index (χ1v) is 12.3. The molecule has 0 spiro atoms. The Kier molecular flexibility index (Phi) is 10.2. The van der Waals surface area contributed by atoms with Gasteiger partial charge in [0.2, 0.25) is 0 Å². The molecule has 2 N–H and O–H groups in total. The molecule has 0 aliphatic heterocycles. The van der Waals surface area contributed by atoms with Crippen molar-refractivity contribution < 1.29 is 23.4 Å². The van der Waals surface area contributed by atoms with E-state index in [0.717, 1.165) is 24.0 Å². The van der Waals surface area contributed by atoms with E-state index in [9.17, 15) is 18.7 Å². The number of nitrogens with zero attached hydrogens (tertiary/aromatic N) is 1. The fourth-order valence-electron chi connectivity index (χ4n) is 4.63. The number of allylic oxidation sites excluding steroid dienone is 1. The predicted octanol–water partition coefficient (Wildman–Crippen LogP) is 6.79. The minimum Gasteiger partial charge on any atom is -0.434 e. The zero-order valence-corrected chi connectivity index (χ0v) is 22.5. The molecule has 7 heteroatoms. The number of alkyl halides is 2. The van der Waals surface area contributed by atoms with Gasteiger partial charge in [-0.05, 0) is 56.2 Å². The SMILES string of the molecule is C=CCc1ccc(C(=O)NN(C(O)c2cc(C)cc(C)c2)C(CCC)C(C)(C)C)c(C)c1OC(F)F. The molecule has 5 nitrogen and oxygen atoms in total. The third kappa shape index (κ3) is 7.37. The highest BCUT2D eigenvalue weighted by Crippen LogP contribution is 2.34. The molecular formula is C29H40F2N2O3. The molecule has 2 aromatic carbocycles. The minimum absolute atomic E-state index is 0.0279. The van der Waals surface area contributed by atoms with Crippen LogP contribution in [0.4, 0.5) is 8.78 Å². The molecule has 2 unspecified atom stereocenters. The number of ether oxygens (including phenoxy) is 1. The lowest BCUT2D eigenvalue weighted by atomic mass is 9.83. The summed E-state index contributed by atoms with van der Waals surface area (Å²) in [5, 5.41) is 13.1. The van der Waals surface area contributed by atoms with Crippen molar-refractivity contribution in [1.82, 2.24) is 10.4 Å². The second-order valence-corrected chi connectivity index (χ2v) is 10.4. The molecule has 2 aromatic rings. The first-order valence-electron chi connectivity index (χ1n) is 12.3. The van der Waals surface area contributed by atoms with Crippen LogP contribution in [0.25, 0.3) is 0 Å². The molecule has 0 radical (unpaired) electrons. The number of nitrogens with one attached hydrogen (secondary N) is 1. The van der Waals surface area contributed by atoms with Gasteiger partial charge in [0.15, 0.2) is 0 Å². The number of rotatable bonds is 11. The van der Waals surface area contributed by atoms with E-state index in [1.54, 1.807) is 30.1 Å². The number of benzene rings is 2. The third-order valence-electron chi connectivity index (χ3n) is 6.24. The Labute approximate surface area is 214 Å². The smallest absolute Gasteiger partial charge is 0.387 e. The number of aryl methyl sites for hydroxylation is 2. The van der Waals surface area contributed by atoms with E-state index in [1.807, 2.05) is 32.0 Å². The largest absolute Gasteiger partial charge is 0.434 e. The molecule has 0 aromatic heterocycles. The van der Waals surface area contributed by atoms with Gasteiger partial charge < -0.3 is 9.84 Å². The molecule has 2 rings (SSSR count). The van der Waals surface area contributed by atoms with Crippen molar-refractivity contribution in [3.8, 4) is 5.75 Å². The quantitative estimate of drug-likeness (QED) is 0.202. The van der Waals surface area contributed by atoms with Gasteiger partial charge in [0.1, 0.15) is 12.0 Å². The zero-order chi connectivity index (χ0) is 27.2. The maximum atomic E-state index is 13.6. The number of hydrogen-bond acceptors (Lipinski definition) is 4. The maximum Gasteiger partial charge on any atom is 0.387 e. The minimum atomic E-state index is -3.02. The Hall–Kier alpha value is -2.77. The van der Waals surface area contributed by atoms with E-state index in [0.29, 0.717) is 23.1 Å². The van der Waals surface area contributed by atoms with Crippen molar-refractivity contribution in [2.75, 3.05) is 0 Å². The number of amides is 1. The number of hydrazine groups is 1. The van der Waals surface area contributed by atoms with Gasteiger partial charge in [-0.2, -0.15) is 13.8 Å². The van der Waals surface area contributed by atoms with E-state index in [2.05, 4.69) is 39.7 Å². The molecule has 0 saturated heterocycles. The summed E-state index contributed by atoms with van der Waals surface area (Å²) in [6.45, 7) is 14.4. The summed E-state index contributed by atoms with van der Waals surface area (Å²) in [6.07, 6.45) is 2.37. The van der Waals surface area contributed by atoms with Crippen LogP contribution < -0.4 is 10.2 Å². The Balaban J connectivity index is 2.56. The Morgan fingerprint density at radius 1 is 1.17 bits per heavy atom. The molecule has 0 heterocycles. The number of hydrogen-bond donors (Lipinski definition) is 2. The van der Waals surface area contributed by atoms with Crippen molar-refractivity contribution in [3.05, 3.63) is 76.4 Å². The van der Waals surface area contributed by atoms with Crippen LogP contribution in [-0.4, -0.2) is 28.7 Å². The van der Waals surface area contributed by atoms with E-state index in [-0.39, 0.29) is 22.8 Å². The second-order valence-electron chi connectivity index (χ2n) is 10.4. The van der Waals surface area contributed by atoms with Crippen LogP contribution in [0.15, 0.2) is 43.0 Å². The molecular weight excluding hydrogens is 462 g/mol. The van der Waals surface area contributed by atoms with Crippen molar-refractivity contribution in [2.24, 2.45) is 5.41 Å². The molecule has 2 atom stereocenters. The number of carbonyl (C=O) groups is 1. The molecule has 198 valence electrons. The van der Waals surface area contributed by atoms with Crippen LogP contribution in [0.3, 0.4) is 0 Å². The highest BCUT2D eigenvalue weighted by molar-refractivity contribution is 5.96. The van der Waals surface area contributed by atoms with Crippen molar-refractivity contribution in [1.29, 1.82) is 0 Å². The van der Waals surface area contributed by atoms with E-state index in [1.165, 1.54) is 0 Å².